The lowest BCUT2D eigenvalue weighted by molar-refractivity contribution is -0.122. The zero-order chi connectivity index (χ0) is 25.8. The first-order valence-electron chi connectivity index (χ1n) is 12.0. The number of esters is 1. The molecule has 0 aliphatic rings. The van der Waals surface area contributed by atoms with Gasteiger partial charge in [-0.15, -0.1) is 0 Å². The van der Waals surface area contributed by atoms with Crippen LogP contribution in [0, 0.1) is 6.92 Å². The lowest BCUT2D eigenvalue weighted by atomic mass is 10.0. The molecule has 0 radical (unpaired) electrons. The fraction of sp³-hybridized carbons (Fsp3) is 0.286. The van der Waals surface area contributed by atoms with Crippen molar-refractivity contribution in [3.8, 4) is 11.6 Å². The molecule has 0 bridgehead atoms. The molecular formula is C28H30N4O4. The summed E-state index contributed by atoms with van der Waals surface area (Å²) in [6.45, 7) is 9.68. The second kappa shape index (κ2) is 10.6. The molecule has 186 valence electrons. The SMILES string of the molecule is CCOC(=O)c1cnn(-c2cc(C)c3ccccc3n2)c1NC(=O)C(C)Oc1ccccc1C(C)C. The first-order chi connectivity index (χ1) is 17.3. The fourth-order valence-electron chi connectivity index (χ4n) is 3.97. The van der Waals surface area contributed by atoms with Crippen molar-refractivity contribution < 1.29 is 19.1 Å². The summed E-state index contributed by atoms with van der Waals surface area (Å²) in [5, 5.41) is 8.21. The van der Waals surface area contributed by atoms with Crippen molar-refractivity contribution in [2.75, 3.05) is 11.9 Å². The summed E-state index contributed by atoms with van der Waals surface area (Å²) in [7, 11) is 0. The minimum absolute atomic E-state index is 0.132. The van der Waals surface area contributed by atoms with Crippen molar-refractivity contribution in [2.24, 2.45) is 0 Å². The van der Waals surface area contributed by atoms with Crippen LogP contribution in [0.1, 0.15) is 55.1 Å². The number of nitrogens with zero attached hydrogens (tertiary/aromatic N) is 3. The summed E-state index contributed by atoms with van der Waals surface area (Å²) in [5.74, 6) is 0.495. The molecule has 0 aliphatic heterocycles. The molecule has 8 nitrogen and oxygen atoms in total. The van der Waals surface area contributed by atoms with E-state index >= 15 is 0 Å². The molecule has 0 saturated heterocycles. The van der Waals surface area contributed by atoms with Gasteiger partial charge in [0.25, 0.3) is 5.91 Å². The second-order valence-corrected chi connectivity index (χ2v) is 8.80. The van der Waals surface area contributed by atoms with Crippen molar-refractivity contribution >= 4 is 28.6 Å². The van der Waals surface area contributed by atoms with Gasteiger partial charge in [0, 0.05) is 5.39 Å². The van der Waals surface area contributed by atoms with Gasteiger partial charge < -0.3 is 14.8 Å². The van der Waals surface area contributed by atoms with Crippen LogP contribution in [0.15, 0.2) is 60.8 Å². The summed E-state index contributed by atoms with van der Waals surface area (Å²) in [4.78, 5) is 30.6. The van der Waals surface area contributed by atoms with Gasteiger partial charge in [0.15, 0.2) is 17.7 Å². The van der Waals surface area contributed by atoms with E-state index in [2.05, 4.69) is 24.3 Å². The number of ether oxygens (including phenoxy) is 2. The molecule has 2 aromatic carbocycles. The molecule has 2 heterocycles. The number of carbonyl (C=O) groups is 2. The second-order valence-electron chi connectivity index (χ2n) is 8.80. The highest BCUT2D eigenvalue weighted by Gasteiger charge is 2.25. The van der Waals surface area contributed by atoms with Crippen LogP contribution in [0.3, 0.4) is 0 Å². The molecule has 0 fully saturated rings. The number of aromatic nitrogens is 3. The number of nitrogens with one attached hydrogen (secondary N) is 1. The lowest BCUT2D eigenvalue weighted by Crippen LogP contribution is -2.32. The molecule has 0 spiro atoms. The Balaban J connectivity index is 1.69. The minimum atomic E-state index is -0.838. The molecule has 4 rings (SSSR count). The molecule has 36 heavy (non-hydrogen) atoms. The minimum Gasteiger partial charge on any atom is -0.481 e. The van der Waals surface area contributed by atoms with E-state index in [0.29, 0.717) is 11.6 Å². The van der Waals surface area contributed by atoms with Crippen LogP contribution in [0.25, 0.3) is 16.7 Å². The number of para-hydroxylation sites is 2. The number of carbonyl (C=O) groups excluding carboxylic acids is 2. The summed E-state index contributed by atoms with van der Waals surface area (Å²) in [5.41, 5.74) is 2.90. The van der Waals surface area contributed by atoms with Gasteiger partial charge in [0.05, 0.1) is 18.3 Å². The highest BCUT2D eigenvalue weighted by molar-refractivity contribution is 6.01. The smallest absolute Gasteiger partial charge is 0.343 e. The Morgan fingerprint density at radius 3 is 2.53 bits per heavy atom. The van der Waals surface area contributed by atoms with Gasteiger partial charge >= 0.3 is 5.97 Å². The van der Waals surface area contributed by atoms with Gasteiger partial charge in [0.2, 0.25) is 0 Å². The van der Waals surface area contributed by atoms with Gasteiger partial charge in [-0.05, 0) is 56.0 Å². The summed E-state index contributed by atoms with van der Waals surface area (Å²) in [6.07, 6.45) is 0.536. The highest BCUT2D eigenvalue weighted by Crippen LogP contribution is 2.28. The third-order valence-electron chi connectivity index (χ3n) is 5.85. The van der Waals surface area contributed by atoms with Crippen LogP contribution < -0.4 is 10.1 Å². The predicted octanol–water partition coefficient (Wildman–Crippen LogP) is 5.44. The molecule has 1 unspecified atom stereocenters. The Bertz CT molecular complexity index is 1410. The summed E-state index contributed by atoms with van der Waals surface area (Å²) in [6, 6.07) is 17.2. The van der Waals surface area contributed by atoms with E-state index in [-0.39, 0.29) is 23.9 Å². The number of benzene rings is 2. The van der Waals surface area contributed by atoms with Gasteiger partial charge in [-0.3, -0.25) is 4.79 Å². The van der Waals surface area contributed by atoms with Gasteiger partial charge in [-0.1, -0.05) is 50.2 Å². The van der Waals surface area contributed by atoms with Gasteiger partial charge in [-0.2, -0.15) is 9.78 Å². The van der Waals surface area contributed by atoms with Crippen LogP contribution in [-0.4, -0.2) is 39.4 Å². The third kappa shape index (κ3) is 5.07. The average molecular weight is 487 g/mol. The first-order valence-corrected chi connectivity index (χ1v) is 12.0. The van der Waals surface area contributed by atoms with E-state index in [1.54, 1.807) is 13.8 Å². The van der Waals surface area contributed by atoms with E-state index in [1.807, 2.05) is 61.5 Å². The van der Waals surface area contributed by atoms with Crippen LogP contribution in [0.2, 0.25) is 0 Å². The number of rotatable bonds is 8. The average Bonchev–Trinajstić information content (AvgIpc) is 3.28. The highest BCUT2D eigenvalue weighted by atomic mass is 16.5. The number of hydrogen-bond donors (Lipinski definition) is 1. The third-order valence-corrected chi connectivity index (χ3v) is 5.85. The zero-order valence-electron chi connectivity index (χ0n) is 21.1. The molecule has 0 saturated carbocycles. The molecule has 4 aromatic rings. The van der Waals surface area contributed by atoms with Crippen LogP contribution in [-0.2, 0) is 9.53 Å². The number of anilines is 1. The van der Waals surface area contributed by atoms with E-state index in [0.717, 1.165) is 22.0 Å². The number of fused-ring (bicyclic) bond motifs is 1. The standard InChI is InChI=1S/C28H30N4O4/c1-6-35-28(34)22-16-29-32(25-15-18(4)21-12-7-9-13-23(21)30-25)26(22)31-27(33)19(5)36-24-14-10-8-11-20(24)17(2)3/h7-17,19H,6H2,1-5H3,(H,31,33). The maximum absolute atomic E-state index is 13.2. The quantitative estimate of drug-likeness (QED) is 0.334. The zero-order valence-corrected chi connectivity index (χ0v) is 21.1. The lowest BCUT2D eigenvalue weighted by Gasteiger charge is -2.19. The summed E-state index contributed by atoms with van der Waals surface area (Å²) < 4.78 is 12.7. The number of pyridine rings is 1. The van der Waals surface area contributed by atoms with Crippen molar-refractivity contribution in [1.29, 1.82) is 0 Å². The van der Waals surface area contributed by atoms with Crippen LogP contribution >= 0.6 is 0 Å². The maximum Gasteiger partial charge on any atom is 0.343 e. The van der Waals surface area contributed by atoms with E-state index < -0.39 is 18.0 Å². The maximum atomic E-state index is 13.2. The molecule has 1 amide bonds. The van der Waals surface area contributed by atoms with E-state index in [9.17, 15) is 9.59 Å². The Morgan fingerprint density at radius 2 is 1.78 bits per heavy atom. The van der Waals surface area contributed by atoms with E-state index in [1.165, 1.54) is 10.9 Å². The molecule has 1 atom stereocenters. The first kappa shape index (κ1) is 24.9. The predicted molar refractivity (Wildman–Crippen MR) is 139 cm³/mol. The van der Waals surface area contributed by atoms with Gasteiger partial charge in [-0.25, -0.2) is 9.78 Å². The Hall–Kier alpha value is -4.20. The molecular weight excluding hydrogens is 456 g/mol. The number of aryl methyl sites for hydroxylation is 1. The van der Waals surface area contributed by atoms with Crippen molar-refractivity contribution in [3.05, 3.63) is 77.5 Å². The molecule has 2 aromatic heterocycles. The topological polar surface area (TPSA) is 95.3 Å². The Labute approximate surface area is 210 Å². The van der Waals surface area contributed by atoms with E-state index in [4.69, 9.17) is 14.5 Å². The van der Waals surface area contributed by atoms with Crippen molar-refractivity contribution in [3.63, 3.8) is 0 Å². The van der Waals surface area contributed by atoms with Crippen molar-refractivity contribution in [1.82, 2.24) is 14.8 Å². The monoisotopic (exact) mass is 486 g/mol. The number of hydrogen-bond acceptors (Lipinski definition) is 6. The van der Waals surface area contributed by atoms with Crippen LogP contribution in [0.4, 0.5) is 5.82 Å². The van der Waals surface area contributed by atoms with Gasteiger partial charge in [0.1, 0.15) is 11.3 Å². The molecule has 8 heteroatoms. The molecule has 0 aliphatic carbocycles. The van der Waals surface area contributed by atoms with Crippen molar-refractivity contribution in [2.45, 2.75) is 46.6 Å². The van der Waals surface area contributed by atoms with Crippen LogP contribution in [0.5, 0.6) is 5.75 Å². The Morgan fingerprint density at radius 1 is 1.06 bits per heavy atom. The largest absolute Gasteiger partial charge is 0.481 e. The normalized spacial score (nSPS) is 11.9. The summed E-state index contributed by atoms with van der Waals surface area (Å²) >= 11 is 0. The molecule has 1 N–H and O–H groups in total. The fourth-order valence-corrected chi connectivity index (χ4v) is 3.97. The number of amides is 1. The Kier molecular flexibility index (Phi) is 7.33.